The fourth-order valence-electron chi connectivity index (χ4n) is 1.26. The van der Waals surface area contributed by atoms with E-state index >= 15 is 0 Å². The topological polar surface area (TPSA) is 35.5 Å². The smallest absolute Gasteiger partial charge is 0.169 e. The van der Waals surface area contributed by atoms with Crippen LogP contribution in [0.4, 0.5) is 0 Å². The predicted molar refractivity (Wildman–Crippen MR) is 51.7 cm³/mol. The van der Waals surface area contributed by atoms with Crippen molar-refractivity contribution in [2.24, 2.45) is 0 Å². The Hall–Kier alpha value is -1.77. The lowest BCUT2D eigenvalue weighted by molar-refractivity contribution is 0.112. The van der Waals surface area contributed by atoms with E-state index in [2.05, 4.69) is 6.58 Å². The average Bonchev–Trinajstić information content (AvgIpc) is 2.19. The van der Waals surface area contributed by atoms with Gasteiger partial charge in [0.1, 0.15) is 12.0 Å². The van der Waals surface area contributed by atoms with E-state index in [1.807, 2.05) is 6.92 Å². The molecule has 72 valence electrons. The van der Waals surface area contributed by atoms with E-state index in [-0.39, 0.29) is 6.10 Å². The minimum atomic E-state index is -0.149. The fraction of sp³-hybridized carbons (Fsp3) is 0.182. The van der Waals surface area contributed by atoms with Gasteiger partial charge in [0.05, 0.1) is 0 Å². The molecule has 14 heavy (non-hydrogen) atoms. The Morgan fingerprint density at radius 1 is 1.43 bits per heavy atom. The molecule has 1 atom stereocenters. The molecule has 0 radical (unpaired) electrons. The second kappa shape index (κ2) is 3.18. The van der Waals surface area contributed by atoms with E-state index in [9.17, 15) is 4.79 Å². The van der Waals surface area contributed by atoms with Gasteiger partial charge < -0.3 is 9.47 Å². The summed E-state index contributed by atoms with van der Waals surface area (Å²) in [4.78, 5) is 10.5. The maximum absolute atomic E-state index is 10.5. The van der Waals surface area contributed by atoms with Gasteiger partial charge in [-0.05, 0) is 25.1 Å². The maximum Gasteiger partial charge on any atom is 0.169 e. The summed E-state index contributed by atoms with van der Waals surface area (Å²) in [5.41, 5.74) is 0.565. The lowest BCUT2D eigenvalue weighted by Gasteiger charge is -2.25. The van der Waals surface area contributed by atoms with E-state index in [4.69, 9.17) is 9.47 Å². The lowest BCUT2D eigenvalue weighted by Crippen LogP contribution is -2.22. The SMILES string of the molecule is C=C1Oc2cc(C=O)ccc2OC1C. The molecule has 1 aromatic rings. The van der Waals surface area contributed by atoms with Gasteiger partial charge in [-0.1, -0.05) is 6.58 Å². The third-order valence-electron chi connectivity index (χ3n) is 2.10. The summed E-state index contributed by atoms with van der Waals surface area (Å²) >= 11 is 0. The van der Waals surface area contributed by atoms with Gasteiger partial charge in [0.2, 0.25) is 0 Å². The van der Waals surface area contributed by atoms with Crippen LogP contribution >= 0.6 is 0 Å². The van der Waals surface area contributed by atoms with E-state index in [1.165, 1.54) is 0 Å². The highest BCUT2D eigenvalue weighted by molar-refractivity contribution is 5.76. The molecule has 0 saturated heterocycles. The van der Waals surface area contributed by atoms with Crippen molar-refractivity contribution in [1.82, 2.24) is 0 Å². The van der Waals surface area contributed by atoms with Gasteiger partial charge in [-0.3, -0.25) is 4.79 Å². The van der Waals surface area contributed by atoms with Crippen LogP contribution in [0.2, 0.25) is 0 Å². The molecule has 0 spiro atoms. The number of ether oxygens (including phenoxy) is 2. The van der Waals surface area contributed by atoms with Crippen molar-refractivity contribution in [2.45, 2.75) is 13.0 Å². The van der Waals surface area contributed by atoms with Crippen LogP contribution in [-0.4, -0.2) is 12.4 Å². The van der Waals surface area contributed by atoms with Crippen LogP contribution in [0.3, 0.4) is 0 Å². The molecule has 0 N–H and O–H groups in total. The molecule has 0 bridgehead atoms. The number of hydrogen-bond donors (Lipinski definition) is 0. The molecule has 1 unspecified atom stereocenters. The van der Waals surface area contributed by atoms with Gasteiger partial charge in [-0.25, -0.2) is 0 Å². The first kappa shape index (κ1) is 8.81. The number of carbonyl (C=O) groups excluding carboxylic acids is 1. The lowest BCUT2D eigenvalue weighted by atomic mass is 10.2. The first-order chi connectivity index (χ1) is 6.70. The van der Waals surface area contributed by atoms with Crippen molar-refractivity contribution in [2.75, 3.05) is 0 Å². The molecule has 1 heterocycles. The zero-order valence-corrected chi connectivity index (χ0v) is 7.82. The normalized spacial score (nSPS) is 19.2. The molecule has 0 fully saturated rings. The molecule has 3 nitrogen and oxygen atoms in total. The van der Waals surface area contributed by atoms with Crippen LogP contribution in [0.15, 0.2) is 30.5 Å². The standard InChI is InChI=1S/C11H10O3/c1-7-8(2)14-11-5-9(6-12)3-4-10(11)13-7/h3-7H,2H2,1H3. The van der Waals surface area contributed by atoms with Crippen LogP contribution in [0.5, 0.6) is 11.5 Å². The van der Waals surface area contributed by atoms with Crippen LogP contribution in [0.25, 0.3) is 0 Å². The van der Waals surface area contributed by atoms with Crippen molar-refractivity contribution < 1.29 is 14.3 Å². The number of rotatable bonds is 1. The Bertz CT molecular complexity index is 396. The molecule has 0 aromatic heterocycles. The minimum Gasteiger partial charge on any atom is -0.479 e. The van der Waals surface area contributed by atoms with Crippen molar-refractivity contribution in [3.63, 3.8) is 0 Å². The average molecular weight is 190 g/mol. The Morgan fingerprint density at radius 3 is 2.93 bits per heavy atom. The molecule has 1 aliphatic heterocycles. The predicted octanol–water partition coefficient (Wildman–Crippen LogP) is 2.17. The Labute approximate surface area is 81.9 Å². The zero-order chi connectivity index (χ0) is 10.1. The highest BCUT2D eigenvalue weighted by Crippen LogP contribution is 2.35. The van der Waals surface area contributed by atoms with Crippen LogP contribution in [-0.2, 0) is 0 Å². The Kier molecular flexibility index (Phi) is 2.00. The summed E-state index contributed by atoms with van der Waals surface area (Å²) in [7, 11) is 0. The van der Waals surface area contributed by atoms with Gasteiger partial charge >= 0.3 is 0 Å². The number of benzene rings is 1. The molecule has 1 aromatic carbocycles. The monoisotopic (exact) mass is 190 g/mol. The summed E-state index contributed by atoms with van der Waals surface area (Å²) in [6.07, 6.45) is 0.620. The molecule has 0 saturated carbocycles. The van der Waals surface area contributed by atoms with Crippen molar-refractivity contribution >= 4 is 6.29 Å². The maximum atomic E-state index is 10.5. The first-order valence-corrected chi connectivity index (χ1v) is 4.33. The largest absolute Gasteiger partial charge is 0.479 e. The van der Waals surface area contributed by atoms with Gasteiger partial charge in [0, 0.05) is 5.56 Å². The van der Waals surface area contributed by atoms with E-state index in [1.54, 1.807) is 18.2 Å². The molecule has 0 aliphatic carbocycles. The van der Waals surface area contributed by atoms with Gasteiger partial charge in [-0.2, -0.15) is 0 Å². The molecule has 2 rings (SSSR count). The van der Waals surface area contributed by atoms with Crippen molar-refractivity contribution in [3.8, 4) is 11.5 Å². The Morgan fingerprint density at radius 2 is 2.21 bits per heavy atom. The molecule has 1 aliphatic rings. The minimum absolute atomic E-state index is 0.149. The summed E-state index contributed by atoms with van der Waals surface area (Å²) in [6, 6.07) is 5.05. The highest BCUT2D eigenvalue weighted by atomic mass is 16.6. The third kappa shape index (κ3) is 1.37. The molecule has 0 amide bonds. The summed E-state index contributed by atoms with van der Waals surface area (Å²) in [5.74, 6) is 1.76. The summed E-state index contributed by atoms with van der Waals surface area (Å²) < 4.78 is 10.9. The third-order valence-corrected chi connectivity index (χ3v) is 2.10. The van der Waals surface area contributed by atoms with Gasteiger partial charge in [0.15, 0.2) is 17.6 Å². The van der Waals surface area contributed by atoms with Crippen LogP contribution in [0.1, 0.15) is 17.3 Å². The number of hydrogen-bond acceptors (Lipinski definition) is 3. The van der Waals surface area contributed by atoms with E-state index < -0.39 is 0 Å². The van der Waals surface area contributed by atoms with Crippen molar-refractivity contribution in [3.05, 3.63) is 36.1 Å². The fourth-order valence-corrected chi connectivity index (χ4v) is 1.26. The number of carbonyl (C=O) groups is 1. The number of aldehydes is 1. The van der Waals surface area contributed by atoms with Crippen LogP contribution in [0, 0.1) is 0 Å². The van der Waals surface area contributed by atoms with E-state index in [0.717, 1.165) is 6.29 Å². The quantitative estimate of drug-likeness (QED) is 0.636. The second-order valence-electron chi connectivity index (χ2n) is 3.15. The molecular formula is C11H10O3. The van der Waals surface area contributed by atoms with E-state index in [0.29, 0.717) is 22.8 Å². The van der Waals surface area contributed by atoms with Gasteiger partial charge in [-0.15, -0.1) is 0 Å². The first-order valence-electron chi connectivity index (χ1n) is 4.33. The highest BCUT2D eigenvalue weighted by Gasteiger charge is 2.20. The van der Waals surface area contributed by atoms with Crippen molar-refractivity contribution in [1.29, 1.82) is 0 Å². The molecule has 3 heteroatoms. The van der Waals surface area contributed by atoms with Crippen LogP contribution < -0.4 is 9.47 Å². The molecular weight excluding hydrogens is 180 g/mol. The van der Waals surface area contributed by atoms with Gasteiger partial charge in [0.25, 0.3) is 0 Å². The second-order valence-corrected chi connectivity index (χ2v) is 3.15. The summed E-state index contributed by atoms with van der Waals surface area (Å²) in [5, 5.41) is 0. The Balaban J connectivity index is 2.42. The zero-order valence-electron chi connectivity index (χ0n) is 7.82. The number of fused-ring (bicyclic) bond motifs is 1. The summed E-state index contributed by atoms with van der Waals surface area (Å²) in [6.45, 7) is 5.57.